The number of ether oxygens (including phenoxy) is 3. The SMILES string of the molecule is CC(N[P@@](O)(=S)OC[C@H]1O[C@@H](n2ccc(=O)[nH]c2=O)[C@](C)(O)[C@@H]1O)=C(Oc1cccc2ccccc12)OC1CCCCC1. The van der Waals surface area contributed by atoms with E-state index in [1.807, 2.05) is 42.5 Å². The Morgan fingerprint density at radius 2 is 1.88 bits per heavy atom. The van der Waals surface area contributed by atoms with Crippen LogP contribution in [0.15, 0.2) is 76.0 Å². The predicted octanol–water partition coefficient (Wildman–Crippen LogP) is 3.14. The summed E-state index contributed by atoms with van der Waals surface area (Å²) < 4.78 is 24.9. The van der Waals surface area contributed by atoms with Gasteiger partial charge in [-0.05, 0) is 62.8 Å². The van der Waals surface area contributed by atoms with Crippen LogP contribution in [0.25, 0.3) is 10.8 Å². The molecule has 14 heteroatoms. The van der Waals surface area contributed by atoms with Gasteiger partial charge in [0.1, 0.15) is 29.7 Å². The van der Waals surface area contributed by atoms with Crippen LogP contribution < -0.4 is 21.1 Å². The Kier molecular flexibility index (Phi) is 9.43. The Morgan fingerprint density at radius 3 is 2.63 bits per heavy atom. The lowest BCUT2D eigenvalue weighted by molar-refractivity contribution is -0.0984. The van der Waals surface area contributed by atoms with Crippen LogP contribution in [-0.4, -0.2) is 55.2 Å². The van der Waals surface area contributed by atoms with Crippen LogP contribution in [0.3, 0.4) is 0 Å². The third kappa shape index (κ3) is 7.21. The molecule has 2 heterocycles. The van der Waals surface area contributed by atoms with E-state index in [2.05, 4.69) is 10.1 Å². The van der Waals surface area contributed by atoms with Crippen molar-refractivity contribution in [3.8, 4) is 5.75 Å². The minimum atomic E-state index is -3.76. The Labute approximate surface area is 253 Å². The second-order valence-corrected chi connectivity index (χ2v) is 14.0. The summed E-state index contributed by atoms with van der Waals surface area (Å²) in [6.45, 7) is -1.22. The summed E-state index contributed by atoms with van der Waals surface area (Å²) in [6.07, 6.45) is 2.05. The number of benzene rings is 2. The van der Waals surface area contributed by atoms with Crippen molar-refractivity contribution < 1.29 is 33.8 Å². The second kappa shape index (κ2) is 12.9. The number of hydrogen-bond donors (Lipinski definition) is 5. The average Bonchev–Trinajstić information content (AvgIpc) is 3.20. The molecule has 5 atom stereocenters. The molecule has 2 fully saturated rings. The van der Waals surface area contributed by atoms with Crippen LogP contribution in [0.5, 0.6) is 5.75 Å². The maximum Gasteiger partial charge on any atom is 0.330 e. The molecule has 12 nitrogen and oxygen atoms in total. The van der Waals surface area contributed by atoms with E-state index in [0.29, 0.717) is 11.4 Å². The number of nitrogens with one attached hydrogen (secondary N) is 2. The molecule has 2 aromatic carbocycles. The second-order valence-electron chi connectivity index (χ2n) is 11.0. The van der Waals surface area contributed by atoms with Gasteiger partial charge in [0.05, 0.1) is 12.3 Å². The highest BCUT2D eigenvalue weighted by atomic mass is 32.5. The molecule has 5 N–H and O–H groups in total. The molecule has 1 aliphatic heterocycles. The normalized spacial score (nSPS) is 26.5. The van der Waals surface area contributed by atoms with Gasteiger partial charge in [0.25, 0.3) is 12.2 Å². The largest absolute Gasteiger partial charge is 0.461 e. The summed E-state index contributed by atoms with van der Waals surface area (Å²) in [7, 11) is 0. The monoisotopic (exact) mass is 633 g/mol. The van der Waals surface area contributed by atoms with Gasteiger partial charge < -0.3 is 38.9 Å². The van der Waals surface area contributed by atoms with E-state index in [0.717, 1.165) is 59.7 Å². The molecule has 0 radical (unpaired) electrons. The molecule has 2 aliphatic rings. The Hall–Kier alpha value is -3.03. The number of fused-ring (bicyclic) bond motifs is 1. The van der Waals surface area contributed by atoms with Gasteiger partial charge in [-0.2, -0.15) is 0 Å². The van der Waals surface area contributed by atoms with Crippen LogP contribution in [0, 0.1) is 0 Å². The number of aliphatic hydroxyl groups excluding tert-OH is 1. The fourth-order valence-corrected chi connectivity index (χ4v) is 6.88. The third-order valence-corrected chi connectivity index (χ3v) is 9.37. The number of nitrogens with zero attached hydrogens (tertiary/aromatic N) is 1. The molecular weight excluding hydrogens is 597 g/mol. The third-order valence-electron chi connectivity index (χ3n) is 7.67. The molecule has 0 spiro atoms. The Balaban J connectivity index is 1.33. The lowest BCUT2D eigenvalue weighted by atomic mass is 9.96. The lowest BCUT2D eigenvalue weighted by Crippen LogP contribution is -2.46. The molecule has 5 rings (SSSR count). The van der Waals surface area contributed by atoms with Gasteiger partial charge in [0.15, 0.2) is 6.23 Å². The quantitative estimate of drug-likeness (QED) is 0.165. The van der Waals surface area contributed by atoms with Crippen LogP contribution in [0.2, 0.25) is 0 Å². The molecule has 1 saturated carbocycles. The Morgan fingerprint density at radius 1 is 1.16 bits per heavy atom. The van der Waals surface area contributed by atoms with Gasteiger partial charge in [-0.15, -0.1) is 0 Å². The molecular formula is C29H36N3O9PS. The molecule has 3 aromatic rings. The number of hydrogen-bond acceptors (Lipinski definition) is 9. The van der Waals surface area contributed by atoms with E-state index in [4.69, 9.17) is 30.5 Å². The Bertz CT molecular complexity index is 1640. The van der Waals surface area contributed by atoms with E-state index >= 15 is 0 Å². The summed E-state index contributed by atoms with van der Waals surface area (Å²) in [4.78, 5) is 36.9. The molecule has 1 saturated heterocycles. The molecule has 1 aromatic heterocycles. The number of aliphatic hydroxyl groups is 2. The van der Waals surface area contributed by atoms with Crippen molar-refractivity contribution in [3.63, 3.8) is 0 Å². The average molecular weight is 634 g/mol. The van der Waals surface area contributed by atoms with Crippen molar-refractivity contribution >= 4 is 29.2 Å². The molecule has 0 amide bonds. The maximum atomic E-state index is 12.3. The van der Waals surface area contributed by atoms with E-state index in [-0.39, 0.29) is 12.0 Å². The van der Waals surface area contributed by atoms with Crippen LogP contribution in [0.1, 0.15) is 52.2 Å². The van der Waals surface area contributed by atoms with Crippen LogP contribution in [0.4, 0.5) is 0 Å². The minimum absolute atomic E-state index is 0.0644. The first-order chi connectivity index (χ1) is 20.4. The van der Waals surface area contributed by atoms with Crippen molar-refractivity contribution in [3.05, 3.63) is 87.2 Å². The van der Waals surface area contributed by atoms with E-state index in [1.54, 1.807) is 6.92 Å². The van der Waals surface area contributed by atoms with Crippen LogP contribution >= 0.6 is 6.64 Å². The summed E-state index contributed by atoms with van der Waals surface area (Å²) >= 11 is 5.37. The number of rotatable bonds is 10. The zero-order chi connectivity index (χ0) is 30.8. The topological polar surface area (TPSA) is 164 Å². The van der Waals surface area contributed by atoms with Crippen molar-refractivity contribution in [2.75, 3.05) is 6.61 Å². The fraction of sp³-hybridized carbons (Fsp3) is 0.448. The number of allylic oxidation sites excluding steroid dienone is 1. The number of aromatic amines is 1. The zero-order valence-corrected chi connectivity index (χ0v) is 25.6. The summed E-state index contributed by atoms with van der Waals surface area (Å²) in [6, 6.07) is 14.6. The number of aromatic nitrogens is 2. The molecule has 0 bridgehead atoms. The zero-order valence-electron chi connectivity index (χ0n) is 23.8. The summed E-state index contributed by atoms with van der Waals surface area (Å²) in [5, 5.41) is 26.4. The van der Waals surface area contributed by atoms with Gasteiger partial charge in [-0.3, -0.25) is 14.3 Å². The predicted molar refractivity (Wildman–Crippen MR) is 163 cm³/mol. The minimum Gasteiger partial charge on any atom is -0.461 e. The summed E-state index contributed by atoms with van der Waals surface area (Å²) in [5.74, 6) is 0.734. The first kappa shape index (κ1) is 31.4. The molecule has 0 unspecified atom stereocenters. The first-order valence-electron chi connectivity index (χ1n) is 14.1. The van der Waals surface area contributed by atoms with E-state index in [1.165, 1.54) is 6.92 Å². The van der Waals surface area contributed by atoms with Gasteiger partial charge >= 0.3 is 11.6 Å². The highest BCUT2D eigenvalue weighted by Crippen LogP contribution is 2.43. The first-order valence-corrected chi connectivity index (χ1v) is 16.8. The highest BCUT2D eigenvalue weighted by Gasteiger charge is 2.53. The van der Waals surface area contributed by atoms with Crippen LogP contribution in [-0.2, 0) is 25.8 Å². The fourth-order valence-electron chi connectivity index (χ4n) is 5.36. The highest BCUT2D eigenvalue weighted by molar-refractivity contribution is 8.08. The molecule has 43 heavy (non-hydrogen) atoms. The van der Waals surface area contributed by atoms with Crippen molar-refractivity contribution in [2.45, 2.75) is 76.1 Å². The van der Waals surface area contributed by atoms with Gasteiger partial charge in [0, 0.05) is 17.6 Å². The lowest BCUT2D eigenvalue weighted by Gasteiger charge is -2.27. The standard InChI is InChI=1S/C29H36N3O9PS/c1-18(26(39-20-11-4-3-5-12-20)40-22-14-8-10-19-9-6-7-13-21(19)22)31-42(37,43)38-17-23-25(34)29(2,36)27(41-23)32-16-15-24(33)30-28(32)35/h6-10,13-16,20,23,25,27,34,36H,3-5,11-12,17H2,1-2H3,(H,30,33,35)(H2,31,37,43)/t23-,25-,27-,29-,42+/m1/s1. The molecule has 1 aliphatic carbocycles. The van der Waals surface area contributed by atoms with Crippen molar-refractivity contribution in [2.24, 2.45) is 0 Å². The van der Waals surface area contributed by atoms with Gasteiger partial charge in [-0.25, -0.2) is 4.79 Å². The molecule has 232 valence electrons. The van der Waals surface area contributed by atoms with Gasteiger partial charge in [0.2, 0.25) is 0 Å². The van der Waals surface area contributed by atoms with Crippen molar-refractivity contribution in [1.82, 2.24) is 14.6 Å². The smallest absolute Gasteiger partial charge is 0.330 e. The summed E-state index contributed by atoms with van der Waals surface area (Å²) in [5.41, 5.74) is -3.05. The van der Waals surface area contributed by atoms with E-state index < -0.39 is 48.5 Å². The van der Waals surface area contributed by atoms with E-state index in [9.17, 15) is 24.7 Å². The number of H-pyrrole nitrogens is 1. The van der Waals surface area contributed by atoms with Gasteiger partial charge in [-0.1, -0.05) is 42.8 Å². The van der Waals surface area contributed by atoms with Crippen molar-refractivity contribution in [1.29, 1.82) is 0 Å². The maximum absolute atomic E-state index is 12.3.